The van der Waals surface area contributed by atoms with E-state index in [2.05, 4.69) is 10.6 Å². The highest BCUT2D eigenvalue weighted by Gasteiger charge is 2.16. The molecule has 0 bridgehead atoms. The van der Waals surface area contributed by atoms with Gasteiger partial charge in [0.05, 0.1) is 10.6 Å². The Kier molecular flexibility index (Phi) is 4.77. The standard InChI is InChI=1S/C14H20N2O3S/c1-2-20(18,19)13-7-5-11(6-8-13)14(17)16-10-12-4-3-9-15-12/h5-8,12,15H,2-4,9-10H2,1H3,(H,16,17). The van der Waals surface area contributed by atoms with Crippen molar-refractivity contribution in [2.45, 2.75) is 30.7 Å². The Hall–Kier alpha value is -1.40. The Morgan fingerprint density at radius 3 is 2.60 bits per heavy atom. The number of hydrogen-bond acceptors (Lipinski definition) is 4. The summed E-state index contributed by atoms with van der Waals surface area (Å²) in [5.74, 6) is -0.106. The Morgan fingerprint density at radius 1 is 1.35 bits per heavy atom. The lowest BCUT2D eigenvalue weighted by molar-refractivity contribution is 0.0950. The lowest BCUT2D eigenvalue weighted by Gasteiger charge is -2.11. The summed E-state index contributed by atoms with van der Waals surface area (Å²) in [6.45, 7) is 3.21. The van der Waals surface area contributed by atoms with Gasteiger partial charge in [0.15, 0.2) is 9.84 Å². The molecular formula is C14H20N2O3S. The van der Waals surface area contributed by atoms with Crippen molar-refractivity contribution in [1.82, 2.24) is 10.6 Å². The van der Waals surface area contributed by atoms with Gasteiger partial charge in [-0.2, -0.15) is 0 Å². The molecule has 1 aromatic rings. The molecule has 0 aromatic heterocycles. The SMILES string of the molecule is CCS(=O)(=O)c1ccc(C(=O)NCC2CCCN2)cc1. The summed E-state index contributed by atoms with van der Waals surface area (Å²) >= 11 is 0. The summed E-state index contributed by atoms with van der Waals surface area (Å²) in [5.41, 5.74) is 0.484. The van der Waals surface area contributed by atoms with Crippen molar-refractivity contribution in [1.29, 1.82) is 0 Å². The number of rotatable bonds is 5. The van der Waals surface area contributed by atoms with Crippen molar-refractivity contribution in [3.63, 3.8) is 0 Å². The molecule has 5 nitrogen and oxygen atoms in total. The minimum Gasteiger partial charge on any atom is -0.350 e. The molecule has 2 rings (SSSR count). The third kappa shape index (κ3) is 3.58. The van der Waals surface area contributed by atoms with Gasteiger partial charge in [-0.1, -0.05) is 6.92 Å². The molecule has 1 aromatic carbocycles. The van der Waals surface area contributed by atoms with Gasteiger partial charge in [0, 0.05) is 18.2 Å². The van der Waals surface area contributed by atoms with Crippen LogP contribution in [0.4, 0.5) is 0 Å². The van der Waals surface area contributed by atoms with Crippen LogP contribution in [0.25, 0.3) is 0 Å². The molecule has 110 valence electrons. The molecule has 20 heavy (non-hydrogen) atoms. The van der Waals surface area contributed by atoms with E-state index in [1.165, 1.54) is 12.1 Å². The van der Waals surface area contributed by atoms with E-state index in [0.29, 0.717) is 18.2 Å². The highest BCUT2D eigenvalue weighted by atomic mass is 32.2. The largest absolute Gasteiger partial charge is 0.350 e. The van der Waals surface area contributed by atoms with Gasteiger partial charge < -0.3 is 10.6 Å². The second-order valence-corrected chi connectivity index (χ2v) is 7.21. The molecule has 1 atom stereocenters. The van der Waals surface area contributed by atoms with E-state index < -0.39 is 9.84 Å². The van der Waals surface area contributed by atoms with E-state index in [1.54, 1.807) is 19.1 Å². The Balaban J connectivity index is 1.97. The average molecular weight is 296 g/mol. The smallest absolute Gasteiger partial charge is 0.251 e. The van der Waals surface area contributed by atoms with Crippen LogP contribution in [0.3, 0.4) is 0 Å². The van der Waals surface area contributed by atoms with E-state index >= 15 is 0 Å². The van der Waals surface area contributed by atoms with Crippen LogP contribution >= 0.6 is 0 Å². The molecule has 1 saturated heterocycles. The summed E-state index contributed by atoms with van der Waals surface area (Å²) in [4.78, 5) is 12.2. The van der Waals surface area contributed by atoms with Crippen molar-refractivity contribution in [3.8, 4) is 0 Å². The normalized spacial score (nSPS) is 18.9. The lowest BCUT2D eigenvalue weighted by Crippen LogP contribution is -2.37. The van der Waals surface area contributed by atoms with Gasteiger partial charge in [0.25, 0.3) is 5.91 Å². The third-order valence-corrected chi connectivity index (χ3v) is 5.28. The molecule has 0 spiro atoms. The predicted molar refractivity (Wildman–Crippen MR) is 77.5 cm³/mol. The maximum atomic E-state index is 11.9. The molecule has 2 N–H and O–H groups in total. The molecule has 1 aliphatic rings. The van der Waals surface area contributed by atoms with E-state index in [-0.39, 0.29) is 16.6 Å². The summed E-state index contributed by atoms with van der Waals surface area (Å²) in [6.07, 6.45) is 2.22. The monoisotopic (exact) mass is 296 g/mol. The van der Waals surface area contributed by atoms with Crippen molar-refractivity contribution in [2.24, 2.45) is 0 Å². The topological polar surface area (TPSA) is 75.3 Å². The van der Waals surface area contributed by atoms with Crippen LogP contribution in [0.15, 0.2) is 29.2 Å². The number of amides is 1. The Bertz CT molecular complexity index is 561. The van der Waals surface area contributed by atoms with E-state index in [1.807, 2.05) is 0 Å². The molecule has 0 saturated carbocycles. The minimum atomic E-state index is -3.21. The molecule has 0 radical (unpaired) electrons. The predicted octanol–water partition coefficient (Wildman–Crippen LogP) is 0.962. The second kappa shape index (κ2) is 6.37. The van der Waals surface area contributed by atoms with Crippen LogP contribution in [0.2, 0.25) is 0 Å². The summed E-state index contributed by atoms with van der Waals surface area (Å²) in [5, 5.41) is 6.17. The van der Waals surface area contributed by atoms with E-state index in [9.17, 15) is 13.2 Å². The molecule has 1 heterocycles. The minimum absolute atomic E-state index is 0.0614. The number of benzene rings is 1. The number of carbonyl (C=O) groups excluding carboxylic acids is 1. The lowest BCUT2D eigenvalue weighted by atomic mass is 10.2. The summed E-state index contributed by atoms with van der Waals surface area (Å²) < 4.78 is 23.3. The molecule has 1 fully saturated rings. The highest BCUT2D eigenvalue weighted by Crippen LogP contribution is 2.12. The maximum Gasteiger partial charge on any atom is 0.251 e. The van der Waals surface area contributed by atoms with Crippen LogP contribution in [0.1, 0.15) is 30.1 Å². The zero-order chi connectivity index (χ0) is 14.6. The average Bonchev–Trinajstić information content (AvgIpc) is 2.98. The van der Waals surface area contributed by atoms with Crippen molar-refractivity contribution in [2.75, 3.05) is 18.8 Å². The van der Waals surface area contributed by atoms with Crippen molar-refractivity contribution in [3.05, 3.63) is 29.8 Å². The number of nitrogens with one attached hydrogen (secondary N) is 2. The molecule has 1 aliphatic heterocycles. The van der Waals surface area contributed by atoms with Crippen LogP contribution in [0, 0.1) is 0 Å². The van der Waals surface area contributed by atoms with Gasteiger partial charge in [0.1, 0.15) is 0 Å². The zero-order valence-electron chi connectivity index (χ0n) is 11.6. The maximum absolute atomic E-state index is 11.9. The first-order valence-corrected chi connectivity index (χ1v) is 8.52. The van der Waals surface area contributed by atoms with Crippen LogP contribution in [-0.4, -0.2) is 39.2 Å². The van der Waals surface area contributed by atoms with E-state index in [4.69, 9.17) is 0 Å². The Morgan fingerprint density at radius 2 is 2.05 bits per heavy atom. The second-order valence-electron chi connectivity index (χ2n) is 4.93. The molecular weight excluding hydrogens is 276 g/mol. The third-order valence-electron chi connectivity index (χ3n) is 3.53. The molecule has 6 heteroatoms. The van der Waals surface area contributed by atoms with Crippen LogP contribution in [-0.2, 0) is 9.84 Å². The summed E-state index contributed by atoms with van der Waals surface area (Å²) in [6, 6.07) is 6.43. The zero-order valence-corrected chi connectivity index (χ0v) is 12.4. The highest BCUT2D eigenvalue weighted by molar-refractivity contribution is 7.91. The van der Waals surface area contributed by atoms with Gasteiger partial charge in [-0.15, -0.1) is 0 Å². The van der Waals surface area contributed by atoms with Gasteiger partial charge in [-0.05, 0) is 43.7 Å². The van der Waals surface area contributed by atoms with Crippen molar-refractivity contribution < 1.29 is 13.2 Å². The van der Waals surface area contributed by atoms with Gasteiger partial charge in [0.2, 0.25) is 0 Å². The number of hydrogen-bond donors (Lipinski definition) is 2. The fourth-order valence-electron chi connectivity index (χ4n) is 2.23. The van der Waals surface area contributed by atoms with Gasteiger partial charge >= 0.3 is 0 Å². The Labute approximate surface area is 119 Å². The fraction of sp³-hybridized carbons (Fsp3) is 0.500. The first-order valence-electron chi connectivity index (χ1n) is 6.87. The van der Waals surface area contributed by atoms with E-state index in [0.717, 1.165) is 19.4 Å². The number of carbonyl (C=O) groups is 1. The quantitative estimate of drug-likeness (QED) is 0.849. The molecule has 0 aliphatic carbocycles. The number of sulfone groups is 1. The first kappa shape index (κ1) is 15.0. The van der Waals surface area contributed by atoms with Gasteiger partial charge in [-0.25, -0.2) is 8.42 Å². The summed E-state index contributed by atoms with van der Waals surface area (Å²) in [7, 11) is -3.21. The fourth-order valence-corrected chi connectivity index (χ4v) is 3.11. The van der Waals surface area contributed by atoms with Crippen LogP contribution in [0.5, 0.6) is 0 Å². The van der Waals surface area contributed by atoms with Crippen LogP contribution < -0.4 is 10.6 Å². The molecule has 1 unspecified atom stereocenters. The van der Waals surface area contributed by atoms with Crippen molar-refractivity contribution >= 4 is 15.7 Å². The van der Waals surface area contributed by atoms with Gasteiger partial charge in [-0.3, -0.25) is 4.79 Å². The first-order chi connectivity index (χ1) is 9.53. The molecule has 1 amide bonds.